The molecule has 0 amide bonds. The molecule has 0 nitrogen and oxygen atoms in total. The molecule has 0 saturated heterocycles. The molecule has 0 heteroatoms. The van der Waals surface area contributed by atoms with Crippen LogP contribution in [0.3, 0.4) is 0 Å². The second-order valence-electron chi connectivity index (χ2n) is 11.1. The van der Waals surface area contributed by atoms with E-state index in [1.165, 1.54) is 52.6 Å². The molecule has 2 aliphatic rings. The lowest BCUT2D eigenvalue weighted by Gasteiger charge is -2.36. The Morgan fingerprint density at radius 1 is 0.867 bits per heavy atom. The van der Waals surface area contributed by atoms with Crippen molar-refractivity contribution in [1.29, 1.82) is 0 Å². The molecule has 2 aromatic rings. The summed E-state index contributed by atoms with van der Waals surface area (Å²) >= 11 is 0. The molecule has 0 spiro atoms. The van der Waals surface area contributed by atoms with Gasteiger partial charge in [-0.3, -0.25) is 0 Å². The van der Waals surface area contributed by atoms with Gasteiger partial charge >= 0.3 is 0 Å². The number of benzene rings is 2. The first kappa shape index (κ1) is 21.2. The first-order valence-corrected chi connectivity index (χ1v) is 11.8. The van der Waals surface area contributed by atoms with Crippen molar-refractivity contribution >= 4 is 0 Å². The van der Waals surface area contributed by atoms with Gasteiger partial charge in [-0.25, -0.2) is 0 Å². The fourth-order valence-electron chi connectivity index (χ4n) is 5.41. The smallest absolute Gasteiger partial charge is 0.0190 e. The van der Waals surface area contributed by atoms with Crippen LogP contribution in [0.5, 0.6) is 0 Å². The van der Waals surface area contributed by atoms with Crippen molar-refractivity contribution in [3.63, 3.8) is 0 Å². The number of unbranched alkanes of at least 4 members (excludes halogenated alkanes) is 1. The third kappa shape index (κ3) is 3.59. The summed E-state index contributed by atoms with van der Waals surface area (Å²) in [7, 11) is 0. The van der Waals surface area contributed by atoms with Crippen molar-refractivity contribution in [1.82, 2.24) is 0 Å². The summed E-state index contributed by atoms with van der Waals surface area (Å²) in [4.78, 5) is 0. The average molecular weight is 399 g/mol. The van der Waals surface area contributed by atoms with E-state index >= 15 is 0 Å². The molecule has 0 aromatic heterocycles. The van der Waals surface area contributed by atoms with E-state index in [-0.39, 0.29) is 10.8 Å². The zero-order valence-electron chi connectivity index (χ0n) is 20.0. The van der Waals surface area contributed by atoms with Gasteiger partial charge in [0.15, 0.2) is 0 Å². The van der Waals surface area contributed by atoms with Crippen LogP contribution in [0.4, 0.5) is 0 Å². The summed E-state index contributed by atoms with van der Waals surface area (Å²) in [5.41, 5.74) is 12.2. The van der Waals surface area contributed by atoms with Crippen molar-refractivity contribution in [3.05, 3.63) is 82.0 Å². The van der Waals surface area contributed by atoms with E-state index in [0.29, 0.717) is 5.92 Å². The zero-order valence-corrected chi connectivity index (χ0v) is 20.0. The molecule has 0 saturated carbocycles. The van der Waals surface area contributed by atoms with Gasteiger partial charge in [-0.05, 0) is 64.8 Å². The van der Waals surface area contributed by atoms with E-state index in [0.717, 1.165) is 6.42 Å². The third-order valence-corrected chi connectivity index (χ3v) is 7.38. The molecule has 0 N–H and O–H groups in total. The van der Waals surface area contributed by atoms with E-state index in [9.17, 15) is 0 Å². The van der Waals surface area contributed by atoms with Crippen LogP contribution in [0.15, 0.2) is 59.7 Å². The van der Waals surface area contributed by atoms with Crippen LogP contribution >= 0.6 is 0 Å². The summed E-state index contributed by atoms with van der Waals surface area (Å²) in [5, 5.41) is 0. The van der Waals surface area contributed by atoms with Gasteiger partial charge in [0.25, 0.3) is 0 Å². The maximum Gasteiger partial charge on any atom is 0.0190 e. The van der Waals surface area contributed by atoms with Crippen LogP contribution in [0.1, 0.15) is 95.4 Å². The molecule has 2 aliphatic carbocycles. The molecule has 4 rings (SSSR count). The summed E-state index contributed by atoms with van der Waals surface area (Å²) in [6.07, 6.45) is 9.82. The highest BCUT2D eigenvalue weighted by Crippen LogP contribution is 2.57. The number of hydrogen-bond acceptors (Lipinski definition) is 0. The Balaban J connectivity index is 1.79. The van der Waals surface area contributed by atoms with Gasteiger partial charge in [-0.15, -0.1) is 0 Å². The van der Waals surface area contributed by atoms with Crippen LogP contribution in [0.2, 0.25) is 0 Å². The molecule has 0 radical (unpaired) electrons. The first-order valence-electron chi connectivity index (χ1n) is 11.8. The second kappa shape index (κ2) is 7.56. The van der Waals surface area contributed by atoms with Crippen molar-refractivity contribution in [2.75, 3.05) is 0 Å². The van der Waals surface area contributed by atoms with E-state index < -0.39 is 0 Å². The summed E-state index contributed by atoms with van der Waals surface area (Å²) in [6.45, 7) is 16.4. The SMILES string of the molecule is CCCCC1=CC=C(C(C)(C)C2c3cc(C)ccc3-c3ccc(C(C)(C)C)cc32)C1. The van der Waals surface area contributed by atoms with E-state index in [1.54, 1.807) is 11.1 Å². The highest BCUT2D eigenvalue weighted by molar-refractivity contribution is 5.80. The number of allylic oxidation sites excluding steroid dienone is 4. The fourth-order valence-corrected chi connectivity index (χ4v) is 5.41. The van der Waals surface area contributed by atoms with Gasteiger partial charge in [-0.1, -0.05) is 113 Å². The van der Waals surface area contributed by atoms with E-state index in [1.807, 2.05) is 0 Å². The predicted octanol–water partition coefficient (Wildman–Crippen LogP) is 8.88. The lowest BCUT2D eigenvalue weighted by atomic mass is 9.67. The number of rotatable bonds is 5. The normalized spacial score (nSPS) is 18.2. The molecule has 0 heterocycles. The molecule has 158 valence electrons. The molecule has 0 bridgehead atoms. The van der Waals surface area contributed by atoms with Gasteiger partial charge in [-0.2, -0.15) is 0 Å². The van der Waals surface area contributed by atoms with Crippen molar-refractivity contribution in [3.8, 4) is 11.1 Å². The summed E-state index contributed by atoms with van der Waals surface area (Å²) in [5.74, 6) is 0.412. The highest BCUT2D eigenvalue weighted by atomic mass is 14.5. The Morgan fingerprint density at radius 3 is 2.20 bits per heavy atom. The van der Waals surface area contributed by atoms with Crippen LogP contribution in [-0.4, -0.2) is 0 Å². The van der Waals surface area contributed by atoms with Crippen molar-refractivity contribution in [2.24, 2.45) is 5.41 Å². The number of aryl methyl sites for hydroxylation is 1. The van der Waals surface area contributed by atoms with E-state index in [4.69, 9.17) is 0 Å². The predicted molar refractivity (Wildman–Crippen MR) is 131 cm³/mol. The lowest BCUT2D eigenvalue weighted by Crippen LogP contribution is -2.24. The average Bonchev–Trinajstić information content (AvgIpc) is 3.28. The van der Waals surface area contributed by atoms with Crippen LogP contribution in [0.25, 0.3) is 11.1 Å². The third-order valence-electron chi connectivity index (χ3n) is 7.38. The molecular weight excluding hydrogens is 360 g/mol. The highest BCUT2D eigenvalue weighted by Gasteiger charge is 2.42. The maximum atomic E-state index is 2.51. The minimum Gasteiger partial charge on any atom is -0.0661 e. The van der Waals surface area contributed by atoms with Crippen LogP contribution in [-0.2, 0) is 5.41 Å². The minimum atomic E-state index is 0.0920. The maximum absolute atomic E-state index is 2.51. The largest absolute Gasteiger partial charge is 0.0661 e. The zero-order chi connectivity index (χ0) is 21.7. The molecule has 1 atom stereocenters. The van der Waals surface area contributed by atoms with Gasteiger partial charge in [0.2, 0.25) is 0 Å². The molecule has 0 fully saturated rings. The lowest BCUT2D eigenvalue weighted by molar-refractivity contribution is 0.386. The molecular formula is C30H38. The minimum absolute atomic E-state index is 0.0920. The first-order chi connectivity index (χ1) is 14.1. The van der Waals surface area contributed by atoms with Crippen LogP contribution < -0.4 is 0 Å². The monoisotopic (exact) mass is 398 g/mol. The van der Waals surface area contributed by atoms with Crippen LogP contribution in [0, 0.1) is 12.3 Å². The second-order valence-corrected chi connectivity index (χ2v) is 11.1. The Kier molecular flexibility index (Phi) is 5.33. The van der Waals surface area contributed by atoms with Crippen molar-refractivity contribution < 1.29 is 0 Å². The summed E-state index contributed by atoms with van der Waals surface area (Å²) < 4.78 is 0. The standard InChI is InChI=1S/C30H38/c1-8-9-10-21-12-13-23(18-21)30(6,7)28-26-17-20(2)11-15-24(26)25-16-14-22(19-27(25)28)29(3,4)5/h11-17,19,28H,8-10,18H2,1-7H3. The fraction of sp³-hybridized carbons (Fsp3) is 0.467. The summed E-state index contributed by atoms with van der Waals surface area (Å²) in [6, 6.07) is 14.3. The number of fused-ring (bicyclic) bond motifs is 3. The van der Waals surface area contributed by atoms with E-state index in [2.05, 4.69) is 97.0 Å². The molecule has 30 heavy (non-hydrogen) atoms. The Labute approximate surface area is 184 Å². The number of hydrogen-bond donors (Lipinski definition) is 0. The molecule has 0 aliphatic heterocycles. The molecule has 1 unspecified atom stereocenters. The Morgan fingerprint density at radius 2 is 1.53 bits per heavy atom. The topological polar surface area (TPSA) is 0 Å². The van der Waals surface area contributed by atoms with Gasteiger partial charge in [0, 0.05) is 5.92 Å². The van der Waals surface area contributed by atoms with Gasteiger partial charge in [0.1, 0.15) is 0 Å². The molecule has 2 aromatic carbocycles. The Bertz CT molecular complexity index is 1020. The van der Waals surface area contributed by atoms with Gasteiger partial charge in [0.05, 0.1) is 0 Å². The quantitative estimate of drug-likeness (QED) is 0.471. The Hall–Kier alpha value is -2.08. The van der Waals surface area contributed by atoms with Crippen molar-refractivity contribution in [2.45, 2.75) is 85.5 Å². The van der Waals surface area contributed by atoms with Gasteiger partial charge < -0.3 is 0 Å².